The number of hydrogen-bond acceptors (Lipinski definition) is 2. The Hall–Kier alpha value is -0.280. The predicted octanol–water partition coefficient (Wildman–Crippen LogP) is 1.28. The van der Waals surface area contributed by atoms with Gasteiger partial charge >= 0.3 is 0 Å². The van der Waals surface area contributed by atoms with Crippen LogP contribution in [0, 0.1) is 17.8 Å². The number of hydrogen-bond donors (Lipinski definition) is 1. The highest BCUT2D eigenvalue weighted by molar-refractivity contribution is 5.85. The minimum atomic E-state index is 0. The molecule has 16 heavy (non-hydrogen) atoms. The minimum Gasteiger partial charge on any atom is -0.342 e. The Bertz CT molecular complexity index is 254. The number of nitrogens with one attached hydrogen (secondary N) is 1. The molecular formula is C12H21ClN2O. The van der Waals surface area contributed by atoms with Crippen molar-refractivity contribution < 1.29 is 4.79 Å². The van der Waals surface area contributed by atoms with Crippen molar-refractivity contribution in [2.75, 3.05) is 26.2 Å². The Morgan fingerprint density at radius 1 is 1.12 bits per heavy atom. The van der Waals surface area contributed by atoms with Gasteiger partial charge < -0.3 is 10.2 Å². The van der Waals surface area contributed by atoms with E-state index in [1.165, 1.54) is 19.3 Å². The largest absolute Gasteiger partial charge is 0.342 e. The maximum Gasteiger partial charge on any atom is 0.227 e. The number of likely N-dealkylation sites (tertiary alicyclic amines) is 1. The maximum atomic E-state index is 12.2. The van der Waals surface area contributed by atoms with Crippen LogP contribution in [0.3, 0.4) is 0 Å². The van der Waals surface area contributed by atoms with E-state index < -0.39 is 0 Å². The molecule has 3 atom stereocenters. The first-order valence-corrected chi connectivity index (χ1v) is 6.34. The second-order valence-electron chi connectivity index (χ2n) is 5.38. The van der Waals surface area contributed by atoms with E-state index in [-0.39, 0.29) is 18.3 Å². The summed E-state index contributed by atoms with van der Waals surface area (Å²) in [6, 6.07) is 0. The molecule has 0 aromatic rings. The van der Waals surface area contributed by atoms with Gasteiger partial charge in [-0.1, -0.05) is 6.42 Å². The van der Waals surface area contributed by atoms with Gasteiger partial charge in [0.05, 0.1) is 5.92 Å². The molecule has 3 fully saturated rings. The molecule has 1 saturated carbocycles. The van der Waals surface area contributed by atoms with Gasteiger partial charge in [0, 0.05) is 19.6 Å². The Morgan fingerprint density at radius 3 is 2.38 bits per heavy atom. The van der Waals surface area contributed by atoms with Crippen molar-refractivity contribution in [1.82, 2.24) is 10.2 Å². The highest BCUT2D eigenvalue weighted by Crippen LogP contribution is 2.38. The monoisotopic (exact) mass is 244 g/mol. The molecule has 1 aliphatic carbocycles. The van der Waals surface area contributed by atoms with Crippen LogP contribution in [0.15, 0.2) is 0 Å². The molecule has 2 unspecified atom stereocenters. The first-order valence-electron chi connectivity index (χ1n) is 6.34. The lowest BCUT2D eigenvalue weighted by Crippen LogP contribution is -2.35. The molecule has 2 heterocycles. The van der Waals surface area contributed by atoms with Gasteiger partial charge in [0.2, 0.25) is 5.91 Å². The molecule has 0 aromatic carbocycles. The van der Waals surface area contributed by atoms with Gasteiger partial charge in [-0.3, -0.25) is 4.79 Å². The van der Waals surface area contributed by atoms with E-state index in [4.69, 9.17) is 0 Å². The lowest BCUT2D eigenvalue weighted by molar-refractivity contribution is -0.134. The van der Waals surface area contributed by atoms with Crippen molar-refractivity contribution in [3.63, 3.8) is 0 Å². The molecule has 4 heteroatoms. The van der Waals surface area contributed by atoms with Gasteiger partial charge in [0.15, 0.2) is 0 Å². The Labute approximate surface area is 103 Å². The second kappa shape index (κ2) is 4.92. The zero-order valence-electron chi connectivity index (χ0n) is 9.65. The smallest absolute Gasteiger partial charge is 0.227 e. The molecule has 3 aliphatic rings. The molecule has 1 amide bonds. The molecular weight excluding hydrogens is 224 g/mol. The third-order valence-electron chi connectivity index (χ3n) is 4.45. The lowest BCUT2D eigenvalue weighted by atomic mass is 10.0. The van der Waals surface area contributed by atoms with Crippen LogP contribution in [0.4, 0.5) is 0 Å². The Kier molecular flexibility index (Phi) is 3.75. The van der Waals surface area contributed by atoms with E-state index >= 15 is 0 Å². The van der Waals surface area contributed by atoms with Gasteiger partial charge in [-0.25, -0.2) is 0 Å². The predicted molar refractivity (Wildman–Crippen MR) is 65.6 cm³/mol. The summed E-state index contributed by atoms with van der Waals surface area (Å²) in [4.78, 5) is 14.3. The number of amides is 1. The average molecular weight is 245 g/mol. The molecule has 3 rings (SSSR count). The highest BCUT2D eigenvalue weighted by atomic mass is 35.5. The molecule has 0 spiro atoms. The van der Waals surface area contributed by atoms with Crippen LogP contribution >= 0.6 is 12.4 Å². The summed E-state index contributed by atoms with van der Waals surface area (Å²) >= 11 is 0. The fourth-order valence-corrected chi connectivity index (χ4v) is 3.54. The molecule has 2 aliphatic heterocycles. The van der Waals surface area contributed by atoms with Crippen molar-refractivity contribution in [3.8, 4) is 0 Å². The van der Waals surface area contributed by atoms with Crippen LogP contribution in [-0.4, -0.2) is 37.0 Å². The third kappa shape index (κ3) is 2.07. The molecule has 3 nitrogen and oxygen atoms in total. The number of carbonyl (C=O) groups is 1. The number of nitrogens with zero attached hydrogens (tertiary/aromatic N) is 1. The van der Waals surface area contributed by atoms with Crippen LogP contribution in [0.1, 0.15) is 25.7 Å². The topological polar surface area (TPSA) is 32.3 Å². The van der Waals surface area contributed by atoms with E-state index in [9.17, 15) is 4.79 Å². The van der Waals surface area contributed by atoms with Gasteiger partial charge in [0.25, 0.3) is 0 Å². The summed E-state index contributed by atoms with van der Waals surface area (Å²) in [6.07, 6.45) is 5.15. The summed E-state index contributed by atoms with van der Waals surface area (Å²) in [5.41, 5.74) is 0. The third-order valence-corrected chi connectivity index (χ3v) is 4.45. The molecule has 2 saturated heterocycles. The summed E-state index contributed by atoms with van der Waals surface area (Å²) in [7, 11) is 0. The van der Waals surface area contributed by atoms with E-state index in [2.05, 4.69) is 10.2 Å². The summed E-state index contributed by atoms with van der Waals surface area (Å²) in [5.74, 6) is 2.38. The molecule has 0 aromatic heterocycles. The van der Waals surface area contributed by atoms with Crippen LogP contribution < -0.4 is 5.32 Å². The van der Waals surface area contributed by atoms with Crippen molar-refractivity contribution in [1.29, 1.82) is 0 Å². The van der Waals surface area contributed by atoms with Gasteiger partial charge in [-0.2, -0.15) is 0 Å². The standard InChI is InChI=1S/C12H20N2O.ClH/c15-12(9-4-5-13-6-9)14-7-10-2-1-3-11(10)8-14;/h9-11,13H,1-8H2;1H/t9-,10?,11?;/m1./s1. The SMILES string of the molecule is Cl.O=C([C@@H]1CCNC1)N1CC2CCCC2C1. The number of fused-ring (bicyclic) bond motifs is 1. The summed E-state index contributed by atoms with van der Waals surface area (Å²) in [5, 5.41) is 3.28. The van der Waals surface area contributed by atoms with Gasteiger partial charge in [0.1, 0.15) is 0 Å². The van der Waals surface area contributed by atoms with Crippen molar-refractivity contribution in [3.05, 3.63) is 0 Å². The van der Waals surface area contributed by atoms with Crippen LogP contribution in [0.2, 0.25) is 0 Å². The van der Waals surface area contributed by atoms with Gasteiger partial charge in [-0.15, -0.1) is 12.4 Å². The fourth-order valence-electron chi connectivity index (χ4n) is 3.54. The summed E-state index contributed by atoms with van der Waals surface area (Å²) < 4.78 is 0. The maximum absolute atomic E-state index is 12.2. The second-order valence-corrected chi connectivity index (χ2v) is 5.38. The zero-order valence-corrected chi connectivity index (χ0v) is 10.5. The quantitative estimate of drug-likeness (QED) is 0.754. The Balaban J connectivity index is 0.000000963. The van der Waals surface area contributed by atoms with Crippen LogP contribution in [0.25, 0.3) is 0 Å². The average Bonchev–Trinajstić information content (AvgIpc) is 2.92. The zero-order chi connectivity index (χ0) is 10.3. The highest BCUT2D eigenvalue weighted by Gasteiger charge is 2.39. The Morgan fingerprint density at radius 2 is 1.81 bits per heavy atom. The lowest BCUT2D eigenvalue weighted by Gasteiger charge is -2.20. The van der Waals surface area contributed by atoms with Gasteiger partial charge in [-0.05, 0) is 37.6 Å². The van der Waals surface area contributed by atoms with E-state index in [1.807, 2.05) is 0 Å². The summed E-state index contributed by atoms with van der Waals surface area (Å²) in [6.45, 7) is 4.04. The molecule has 92 valence electrons. The first kappa shape index (κ1) is 12.2. The molecule has 0 radical (unpaired) electrons. The number of halogens is 1. The molecule has 1 N–H and O–H groups in total. The van der Waals surface area contributed by atoms with Crippen LogP contribution in [0.5, 0.6) is 0 Å². The molecule has 0 bridgehead atoms. The van der Waals surface area contributed by atoms with Crippen molar-refractivity contribution >= 4 is 18.3 Å². The van der Waals surface area contributed by atoms with E-state index in [1.54, 1.807) is 0 Å². The van der Waals surface area contributed by atoms with Crippen molar-refractivity contribution in [2.24, 2.45) is 17.8 Å². The van der Waals surface area contributed by atoms with E-state index in [0.717, 1.165) is 44.4 Å². The number of rotatable bonds is 1. The normalized spacial score (nSPS) is 37.2. The van der Waals surface area contributed by atoms with E-state index in [0.29, 0.717) is 5.91 Å². The van der Waals surface area contributed by atoms with Crippen molar-refractivity contribution in [2.45, 2.75) is 25.7 Å². The van der Waals surface area contributed by atoms with Crippen LogP contribution in [-0.2, 0) is 4.79 Å². The fraction of sp³-hybridized carbons (Fsp3) is 0.917. The first-order chi connectivity index (χ1) is 7.34. The minimum absolute atomic E-state index is 0. The number of carbonyl (C=O) groups excluding carboxylic acids is 1.